The van der Waals surface area contributed by atoms with Gasteiger partial charge in [0.1, 0.15) is 11.6 Å². The number of alkyl halides is 4. The molecule has 1 amide bonds. The summed E-state index contributed by atoms with van der Waals surface area (Å²) < 4.78 is 93.3. The predicted molar refractivity (Wildman–Crippen MR) is 117 cm³/mol. The van der Waals surface area contributed by atoms with Crippen LogP contribution in [0.25, 0.3) is 5.70 Å². The maximum absolute atomic E-state index is 15.2. The van der Waals surface area contributed by atoms with Gasteiger partial charge in [0.05, 0.1) is 23.8 Å². The maximum Gasteiger partial charge on any atom is 0.428 e. The first kappa shape index (κ1) is 25.4. The largest absolute Gasteiger partial charge is 0.428 e. The van der Waals surface area contributed by atoms with E-state index in [9.17, 15) is 30.8 Å². The molecule has 1 fully saturated rings. The van der Waals surface area contributed by atoms with Crippen LogP contribution in [0.5, 0.6) is 0 Å². The quantitative estimate of drug-likeness (QED) is 0.587. The summed E-state index contributed by atoms with van der Waals surface area (Å²) >= 11 is 5.67. The molecular weight excluding hydrogens is 519 g/mol. The van der Waals surface area contributed by atoms with Crippen molar-refractivity contribution in [1.29, 1.82) is 0 Å². The molecule has 1 saturated heterocycles. The highest BCUT2D eigenvalue weighted by molar-refractivity contribution is 7.91. The van der Waals surface area contributed by atoms with Crippen molar-refractivity contribution in [2.75, 3.05) is 25.1 Å². The number of halogens is 6. The average molecular weight is 537 g/mol. The summed E-state index contributed by atoms with van der Waals surface area (Å²) in [5, 5.41) is -0.501. The van der Waals surface area contributed by atoms with E-state index in [0.717, 1.165) is 35.4 Å². The molecule has 2 aliphatic heterocycles. The van der Waals surface area contributed by atoms with Crippen molar-refractivity contribution >= 4 is 33.0 Å². The fourth-order valence-corrected chi connectivity index (χ4v) is 4.71. The summed E-state index contributed by atoms with van der Waals surface area (Å²) in [5.74, 6) is -2.31. The molecule has 13 heteroatoms. The van der Waals surface area contributed by atoms with Gasteiger partial charge in [0.2, 0.25) is 11.5 Å². The predicted octanol–water partition coefficient (Wildman–Crippen LogP) is 3.86. The van der Waals surface area contributed by atoms with E-state index in [0.29, 0.717) is 0 Å². The van der Waals surface area contributed by atoms with Gasteiger partial charge in [-0.1, -0.05) is 41.9 Å². The van der Waals surface area contributed by atoms with E-state index in [1.165, 1.54) is 24.3 Å². The summed E-state index contributed by atoms with van der Waals surface area (Å²) in [6, 6.07) is 8.03. The maximum atomic E-state index is 15.2. The Morgan fingerprint density at radius 1 is 1.14 bits per heavy atom. The molecule has 0 aromatic heterocycles. The summed E-state index contributed by atoms with van der Waals surface area (Å²) in [4.78, 5) is 17.9. The second-order valence-electron chi connectivity index (χ2n) is 8.49. The Labute approximate surface area is 202 Å². The van der Waals surface area contributed by atoms with E-state index < -0.39 is 55.3 Å². The number of nitrogens with one attached hydrogen (secondary N) is 1. The highest BCUT2D eigenvalue weighted by atomic mass is 35.5. The number of nitrogens with zero attached hydrogens (tertiary/aromatic N) is 1. The molecule has 0 bridgehead atoms. The van der Waals surface area contributed by atoms with Crippen LogP contribution in [0.15, 0.2) is 48.5 Å². The van der Waals surface area contributed by atoms with Gasteiger partial charge in [-0.25, -0.2) is 17.2 Å². The van der Waals surface area contributed by atoms with Crippen molar-refractivity contribution in [2.24, 2.45) is 0 Å². The first-order valence-corrected chi connectivity index (χ1v) is 12.5. The zero-order valence-corrected chi connectivity index (χ0v) is 19.6. The zero-order valence-electron chi connectivity index (χ0n) is 18.0. The topological polar surface area (TPSA) is 75.7 Å². The molecule has 1 atom stereocenters. The lowest BCUT2D eigenvalue weighted by Gasteiger charge is -2.44. The van der Waals surface area contributed by atoms with Crippen LogP contribution < -0.4 is 5.48 Å². The van der Waals surface area contributed by atoms with Crippen molar-refractivity contribution in [3.63, 3.8) is 0 Å². The lowest BCUT2D eigenvalue weighted by atomic mass is 9.87. The van der Waals surface area contributed by atoms with Crippen LogP contribution in [-0.4, -0.2) is 50.5 Å². The van der Waals surface area contributed by atoms with Crippen LogP contribution in [0.3, 0.4) is 0 Å². The van der Waals surface area contributed by atoms with Gasteiger partial charge < -0.3 is 4.90 Å². The third-order valence-electron chi connectivity index (χ3n) is 5.77. The summed E-state index contributed by atoms with van der Waals surface area (Å²) in [6.07, 6.45) is -3.24. The minimum atomic E-state index is -4.93. The van der Waals surface area contributed by atoms with Crippen molar-refractivity contribution < 1.29 is 40.0 Å². The fourth-order valence-electron chi connectivity index (χ4n) is 3.89. The van der Waals surface area contributed by atoms with E-state index in [1.54, 1.807) is 0 Å². The monoisotopic (exact) mass is 536 g/mol. The Bertz CT molecular complexity index is 1310. The van der Waals surface area contributed by atoms with E-state index in [4.69, 9.17) is 16.4 Å². The van der Waals surface area contributed by atoms with Crippen molar-refractivity contribution in [1.82, 2.24) is 10.4 Å². The van der Waals surface area contributed by atoms with E-state index in [-0.39, 0.29) is 29.9 Å². The van der Waals surface area contributed by atoms with Gasteiger partial charge in [-0.05, 0) is 29.3 Å². The number of carbonyl (C=O) groups is 1. The molecule has 0 saturated carbocycles. The van der Waals surface area contributed by atoms with Crippen LogP contribution >= 0.6 is 11.6 Å². The Kier molecular flexibility index (Phi) is 6.13. The van der Waals surface area contributed by atoms with Gasteiger partial charge in [0.25, 0.3) is 0 Å². The van der Waals surface area contributed by atoms with Crippen LogP contribution in [0.2, 0.25) is 5.02 Å². The molecule has 188 valence electrons. The van der Waals surface area contributed by atoms with Gasteiger partial charge >= 0.3 is 6.18 Å². The molecule has 1 unspecified atom stereocenters. The molecule has 1 N–H and O–H groups in total. The second-order valence-corrected chi connectivity index (χ2v) is 11.0. The number of sulfone groups is 1. The molecule has 2 aliphatic rings. The average Bonchev–Trinajstić information content (AvgIpc) is 3.19. The van der Waals surface area contributed by atoms with Crippen LogP contribution in [-0.2, 0) is 30.7 Å². The van der Waals surface area contributed by atoms with Crippen LogP contribution in [0, 0.1) is 5.82 Å². The van der Waals surface area contributed by atoms with E-state index >= 15 is 4.39 Å². The SMILES string of the molecule is CS(=O)(=O)CC(=O)N1CC(F)(c2ccc(C3=CC(c4ccc(F)c(Cl)c4)(C(F)(F)F)ON3)cc2)C1. The standard InChI is InChI=1S/C22H18ClF5N2O4S/c1-35(32,33)10-19(31)30-11-20(25,12-30)14-4-2-13(3-5-14)18-9-21(34-29-18,22(26,27)28)15-6-7-17(24)16(23)8-15/h2-9,29H,10-12H2,1H3. The number of amides is 1. The number of hydrogen-bond donors (Lipinski definition) is 1. The molecule has 4 rings (SSSR count). The van der Waals surface area contributed by atoms with Gasteiger partial charge in [-0.2, -0.15) is 13.2 Å². The molecule has 0 radical (unpaired) electrons. The summed E-state index contributed by atoms with van der Waals surface area (Å²) in [5.41, 5.74) is -2.68. The summed E-state index contributed by atoms with van der Waals surface area (Å²) in [7, 11) is -3.55. The number of rotatable bonds is 5. The molecule has 2 aromatic carbocycles. The van der Waals surface area contributed by atoms with Crippen LogP contribution in [0.4, 0.5) is 22.0 Å². The zero-order chi connectivity index (χ0) is 25.8. The number of hydrogen-bond acceptors (Lipinski definition) is 5. The van der Waals surface area contributed by atoms with Gasteiger partial charge in [0.15, 0.2) is 15.5 Å². The lowest BCUT2D eigenvalue weighted by Crippen LogP contribution is -2.59. The molecule has 0 aliphatic carbocycles. The van der Waals surface area contributed by atoms with Gasteiger partial charge in [-0.3, -0.25) is 15.1 Å². The summed E-state index contributed by atoms with van der Waals surface area (Å²) in [6.45, 7) is -0.680. The normalized spacial score (nSPS) is 21.8. The Hall–Kier alpha value is -2.70. The molecule has 6 nitrogen and oxygen atoms in total. The number of hydroxylamine groups is 1. The smallest absolute Gasteiger partial charge is 0.335 e. The third-order valence-corrected chi connectivity index (χ3v) is 6.83. The first-order chi connectivity index (χ1) is 16.1. The molecule has 35 heavy (non-hydrogen) atoms. The molecular formula is C22H18ClF5N2O4S. The highest BCUT2D eigenvalue weighted by Gasteiger charge is 2.59. The van der Waals surface area contributed by atoms with E-state index in [2.05, 4.69) is 5.48 Å². The van der Waals surface area contributed by atoms with Crippen molar-refractivity contribution in [3.05, 3.63) is 76.1 Å². The number of carbonyl (C=O) groups excluding carboxylic acids is 1. The third kappa shape index (κ3) is 4.74. The first-order valence-electron chi connectivity index (χ1n) is 10.1. The highest BCUT2D eigenvalue weighted by Crippen LogP contribution is 2.48. The molecule has 2 heterocycles. The fraction of sp³-hybridized carbons (Fsp3) is 0.318. The minimum absolute atomic E-state index is 0.0548. The number of benzene rings is 2. The second kappa shape index (κ2) is 8.45. The van der Waals surface area contributed by atoms with Crippen molar-refractivity contribution in [2.45, 2.75) is 17.4 Å². The lowest BCUT2D eigenvalue weighted by molar-refractivity contribution is -0.269. The van der Waals surface area contributed by atoms with E-state index in [1.807, 2.05) is 0 Å². The Morgan fingerprint density at radius 2 is 1.74 bits per heavy atom. The Balaban J connectivity index is 1.56. The molecule has 0 spiro atoms. The van der Waals surface area contributed by atoms with Gasteiger partial charge in [-0.15, -0.1) is 0 Å². The van der Waals surface area contributed by atoms with Crippen LogP contribution in [0.1, 0.15) is 16.7 Å². The van der Waals surface area contributed by atoms with Gasteiger partial charge in [0, 0.05) is 11.8 Å². The molecule has 2 aromatic rings. The number of likely N-dealkylation sites (tertiary alicyclic amines) is 1. The van der Waals surface area contributed by atoms with Crippen molar-refractivity contribution in [3.8, 4) is 0 Å². The minimum Gasteiger partial charge on any atom is -0.335 e. The Morgan fingerprint density at radius 3 is 2.29 bits per heavy atom.